The lowest BCUT2D eigenvalue weighted by molar-refractivity contribution is -0.143. The number of nitrogens with zero attached hydrogens (tertiary/aromatic N) is 2. The Balaban J connectivity index is 1.62. The molecule has 1 amide bonds. The summed E-state index contributed by atoms with van der Waals surface area (Å²) in [6.45, 7) is 4.90. The van der Waals surface area contributed by atoms with Gasteiger partial charge in [-0.1, -0.05) is 31.1 Å². The number of fused-ring (bicyclic) bond motifs is 2. The molecular weight excluding hydrogens is 444 g/mol. The predicted molar refractivity (Wildman–Crippen MR) is 124 cm³/mol. The van der Waals surface area contributed by atoms with Gasteiger partial charge in [-0.25, -0.2) is 0 Å². The first-order valence-electron chi connectivity index (χ1n) is 11.0. The number of benzene rings is 2. The number of hydrogen-bond acceptors (Lipinski definition) is 7. The van der Waals surface area contributed by atoms with Crippen molar-refractivity contribution in [2.75, 3.05) is 20.0 Å². The van der Waals surface area contributed by atoms with Crippen LogP contribution in [0.2, 0.25) is 0 Å². The highest BCUT2D eigenvalue weighted by molar-refractivity contribution is 7.16. The zero-order chi connectivity index (χ0) is 23.2. The highest BCUT2D eigenvalue weighted by Gasteiger charge is 2.19. The lowest BCUT2D eigenvalue weighted by atomic mass is 10.2. The van der Waals surface area contributed by atoms with Gasteiger partial charge in [0.2, 0.25) is 6.79 Å². The van der Waals surface area contributed by atoms with E-state index in [0.717, 1.165) is 35.2 Å². The predicted octanol–water partition coefficient (Wildman–Crippen LogP) is 4.30. The summed E-state index contributed by atoms with van der Waals surface area (Å²) in [5.41, 5.74) is 1.16. The van der Waals surface area contributed by atoms with Gasteiger partial charge in [0, 0.05) is 17.7 Å². The summed E-state index contributed by atoms with van der Waals surface area (Å²) in [7, 11) is 0. The van der Waals surface area contributed by atoms with Gasteiger partial charge >= 0.3 is 5.97 Å². The number of rotatable bonds is 9. The number of hydrogen-bond donors (Lipinski definition) is 0. The maximum atomic E-state index is 12.9. The average molecular weight is 471 g/mol. The molecule has 0 radical (unpaired) electrons. The molecule has 0 saturated heterocycles. The first-order valence-corrected chi connectivity index (χ1v) is 11.8. The Morgan fingerprint density at radius 1 is 1.09 bits per heavy atom. The van der Waals surface area contributed by atoms with Crippen molar-refractivity contribution < 1.29 is 28.5 Å². The van der Waals surface area contributed by atoms with Gasteiger partial charge in [0.1, 0.15) is 12.3 Å². The van der Waals surface area contributed by atoms with E-state index in [1.807, 2.05) is 6.07 Å². The van der Waals surface area contributed by atoms with E-state index < -0.39 is 11.9 Å². The lowest BCUT2D eigenvalue weighted by Crippen LogP contribution is -2.23. The summed E-state index contributed by atoms with van der Waals surface area (Å²) in [6.07, 6.45) is 3.25. The largest absolute Gasteiger partial charge is 0.494 e. The number of thiazole rings is 1. The molecule has 0 saturated carbocycles. The molecule has 0 unspecified atom stereocenters. The molecular formula is C24H26N2O6S. The third-order valence-electron chi connectivity index (χ3n) is 5.08. The Morgan fingerprint density at radius 2 is 1.85 bits per heavy atom. The fourth-order valence-corrected chi connectivity index (χ4v) is 4.46. The molecule has 9 heteroatoms. The van der Waals surface area contributed by atoms with E-state index in [0.29, 0.717) is 28.5 Å². The van der Waals surface area contributed by atoms with E-state index >= 15 is 0 Å². The van der Waals surface area contributed by atoms with Crippen LogP contribution < -0.4 is 19.0 Å². The summed E-state index contributed by atoms with van der Waals surface area (Å²) in [5.74, 6) is 1.12. The normalized spacial score (nSPS) is 12.8. The Hall–Kier alpha value is -3.33. The molecule has 4 rings (SSSR count). The van der Waals surface area contributed by atoms with E-state index in [2.05, 4.69) is 11.9 Å². The molecule has 0 atom stereocenters. The minimum Gasteiger partial charge on any atom is -0.494 e. The van der Waals surface area contributed by atoms with Gasteiger partial charge in [0.25, 0.3) is 5.91 Å². The monoisotopic (exact) mass is 470 g/mol. The second-order valence-corrected chi connectivity index (χ2v) is 8.45. The molecule has 1 aliphatic heterocycles. The Labute approximate surface area is 195 Å². The summed E-state index contributed by atoms with van der Waals surface area (Å²) < 4.78 is 24.2. The quantitative estimate of drug-likeness (QED) is 0.342. The third kappa shape index (κ3) is 5.36. The molecule has 0 bridgehead atoms. The number of aromatic nitrogens is 1. The minimum atomic E-state index is -0.409. The second kappa shape index (κ2) is 10.5. The van der Waals surface area contributed by atoms with Crippen LogP contribution >= 0.6 is 11.3 Å². The van der Waals surface area contributed by atoms with Gasteiger partial charge in [-0.3, -0.25) is 9.59 Å². The molecule has 1 aliphatic rings. The van der Waals surface area contributed by atoms with Crippen molar-refractivity contribution >= 4 is 33.4 Å². The second-order valence-electron chi connectivity index (χ2n) is 7.45. The van der Waals surface area contributed by atoms with Crippen LogP contribution in [0.1, 0.15) is 43.5 Å². The minimum absolute atomic E-state index is 0.0653. The Kier molecular flexibility index (Phi) is 7.29. The van der Waals surface area contributed by atoms with Gasteiger partial charge in [-0.15, -0.1) is 0 Å². The highest BCUT2D eigenvalue weighted by atomic mass is 32.1. The Bertz CT molecular complexity index is 1210. The first-order chi connectivity index (χ1) is 16.1. The van der Waals surface area contributed by atoms with Crippen LogP contribution in [0.3, 0.4) is 0 Å². The van der Waals surface area contributed by atoms with Crippen LogP contribution in [0, 0.1) is 0 Å². The SMILES string of the molecule is CCCCCOc1ccc(C(=O)N=c2sc3cc4c(cc3n2CC(=O)OCC)OCO4)cc1. The van der Waals surface area contributed by atoms with E-state index in [1.54, 1.807) is 41.8 Å². The van der Waals surface area contributed by atoms with Crippen LogP contribution in [0.5, 0.6) is 17.2 Å². The highest BCUT2D eigenvalue weighted by Crippen LogP contribution is 2.37. The van der Waals surface area contributed by atoms with Gasteiger partial charge < -0.3 is 23.5 Å². The molecule has 2 aromatic carbocycles. The molecule has 174 valence electrons. The van der Waals surface area contributed by atoms with Gasteiger partial charge in [0.05, 0.1) is 23.4 Å². The number of esters is 1. The van der Waals surface area contributed by atoms with E-state index in [1.165, 1.54) is 11.3 Å². The molecule has 0 aliphatic carbocycles. The topological polar surface area (TPSA) is 88.4 Å². The number of carbonyl (C=O) groups is 2. The van der Waals surface area contributed by atoms with Crippen molar-refractivity contribution in [3.05, 3.63) is 46.8 Å². The molecule has 8 nitrogen and oxygen atoms in total. The fraction of sp³-hybridized carbons (Fsp3) is 0.375. The molecule has 33 heavy (non-hydrogen) atoms. The molecule has 0 spiro atoms. The standard InChI is InChI=1S/C24H26N2O6S/c1-3-5-6-11-30-17-9-7-16(8-10-17)23(28)25-24-26(14-22(27)29-4-2)18-12-19-20(32-15-31-19)13-21(18)33-24/h7-10,12-13H,3-6,11,14-15H2,1-2H3. The van der Waals surface area contributed by atoms with Crippen molar-refractivity contribution in [1.29, 1.82) is 0 Å². The van der Waals surface area contributed by atoms with Crippen molar-refractivity contribution in [2.24, 2.45) is 4.99 Å². The van der Waals surface area contributed by atoms with Gasteiger partial charge in [0.15, 0.2) is 16.3 Å². The number of unbranched alkanes of at least 4 members (excludes halogenated alkanes) is 2. The summed E-state index contributed by atoms with van der Waals surface area (Å²) >= 11 is 1.30. The smallest absolute Gasteiger partial charge is 0.326 e. The van der Waals surface area contributed by atoms with Crippen LogP contribution in [0.25, 0.3) is 10.2 Å². The fourth-order valence-electron chi connectivity index (χ4n) is 3.42. The van der Waals surface area contributed by atoms with Crippen LogP contribution in [0.15, 0.2) is 41.4 Å². The van der Waals surface area contributed by atoms with Gasteiger partial charge in [-0.2, -0.15) is 4.99 Å². The summed E-state index contributed by atoms with van der Waals surface area (Å²) in [4.78, 5) is 29.8. The third-order valence-corrected chi connectivity index (χ3v) is 6.13. The molecule has 1 aromatic heterocycles. The van der Waals surface area contributed by atoms with Crippen molar-refractivity contribution in [1.82, 2.24) is 4.57 Å². The van der Waals surface area contributed by atoms with Crippen molar-refractivity contribution in [3.63, 3.8) is 0 Å². The number of amides is 1. The Morgan fingerprint density at radius 3 is 2.58 bits per heavy atom. The molecule has 3 aromatic rings. The first kappa shape index (κ1) is 22.8. The van der Waals surface area contributed by atoms with Gasteiger partial charge in [-0.05, 0) is 37.6 Å². The van der Waals surface area contributed by atoms with Crippen LogP contribution in [-0.4, -0.2) is 36.5 Å². The van der Waals surface area contributed by atoms with Crippen molar-refractivity contribution in [3.8, 4) is 17.2 Å². The summed E-state index contributed by atoms with van der Waals surface area (Å²) in [6, 6.07) is 10.6. The summed E-state index contributed by atoms with van der Waals surface area (Å²) in [5, 5.41) is 0. The van der Waals surface area contributed by atoms with Crippen LogP contribution in [0.4, 0.5) is 0 Å². The van der Waals surface area contributed by atoms with E-state index in [9.17, 15) is 9.59 Å². The number of ether oxygens (including phenoxy) is 4. The zero-order valence-corrected chi connectivity index (χ0v) is 19.5. The molecule has 0 fully saturated rings. The zero-order valence-electron chi connectivity index (χ0n) is 18.7. The van der Waals surface area contributed by atoms with Crippen molar-refractivity contribution in [2.45, 2.75) is 39.7 Å². The lowest BCUT2D eigenvalue weighted by Gasteiger charge is -2.06. The molecule has 2 heterocycles. The maximum Gasteiger partial charge on any atom is 0.326 e. The number of carbonyl (C=O) groups excluding carboxylic acids is 2. The van der Waals surface area contributed by atoms with E-state index in [4.69, 9.17) is 18.9 Å². The molecule has 0 N–H and O–H groups in total. The van der Waals surface area contributed by atoms with E-state index in [-0.39, 0.29) is 19.9 Å². The average Bonchev–Trinajstić information content (AvgIpc) is 3.39. The maximum absolute atomic E-state index is 12.9. The van der Waals surface area contributed by atoms with Crippen LogP contribution in [-0.2, 0) is 16.1 Å².